The highest BCUT2D eigenvalue weighted by molar-refractivity contribution is 6.15. The molecule has 0 atom stereocenters. The first kappa shape index (κ1) is 21.5. The minimum Gasteiger partial charge on any atom is -0.378 e. The van der Waals surface area contributed by atoms with Gasteiger partial charge in [-0.15, -0.1) is 0 Å². The summed E-state index contributed by atoms with van der Waals surface area (Å²) in [6.07, 6.45) is 0.317. The molecule has 3 rings (SSSR count). The number of carbonyl (C=O) groups excluding carboxylic acids is 3. The second-order valence-corrected chi connectivity index (χ2v) is 7.53. The van der Waals surface area contributed by atoms with Crippen molar-refractivity contribution in [1.82, 2.24) is 9.80 Å². The van der Waals surface area contributed by atoms with Crippen molar-refractivity contribution < 1.29 is 14.4 Å². The normalized spacial score (nSPS) is 13.8. The first-order valence-electron chi connectivity index (χ1n) is 10.1. The maximum atomic E-state index is 13.1. The molecule has 0 unspecified atom stereocenters. The third kappa shape index (κ3) is 4.68. The molecular formula is C23H28N4O3. The number of ketones is 1. The molecule has 0 aliphatic carbocycles. The fourth-order valence-electron chi connectivity index (χ4n) is 3.54. The largest absolute Gasteiger partial charge is 0.378 e. The fourth-order valence-corrected chi connectivity index (χ4v) is 3.54. The van der Waals surface area contributed by atoms with Crippen LogP contribution < -0.4 is 10.6 Å². The first-order valence-corrected chi connectivity index (χ1v) is 10.1. The summed E-state index contributed by atoms with van der Waals surface area (Å²) in [6, 6.07) is 14.2. The number of nitrogens with two attached hydrogens (primary N) is 1. The topological polar surface area (TPSA) is 87.0 Å². The molecule has 30 heavy (non-hydrogen) atoms. The molecule has 0 spiro atoms. The van der Waals surface area contributed by atoms with E-state index < -0.39 is 0 Å². The van der Waals surface area contributed by atoms with Crippen LogP contribution in [0.1, 0.15) is 32.7 Å². The van der Waals surface area contributed by atoms with E-state index >= 15 is 0 Å². The predicted molar refractivity (Wildman–Crippen MR) is 117 cm³/mol. The van der Waals surface area contributed by atoms with E-state index in [-0.39, 0.29) is 17.6 Å². The quantitative estimate of drug-likeness (QED) is 0.734. The monoisotopic (exact) mass is 408 g/mol. The Balaban J connectivity index is 1.76. The Morgan fingerprint density at radius 1 is 0.867 bits per heavy atom. The van der Waals surface area contributed by atoms with Crippen LogP contribution in [-0.4, -0.2) is 74.2 Å². The van der Waals surface area contributed by atoms with Crippen molar-refractivity contribution in [3.63, 3.8) is 0 Å². The van der Waals surface area contributed by atoms with Gasteiger partial charge in [-0.2, -0.15) is 0 Å². The van der Waals surface area contributed by atoms with Crippen LogP contribution in [-0.2, 0) is 4.79 Å². The van der Waals surface area contributed by atoms with Gasteiger partial charge in [-0.3, -0.25) is 14.4 Å². The van der Waals surface area contributed by atoms with Crippen LogP contribution in [0.4, 0.5) is 5.69 Å². The van der Waals surface area contributed by atoms with Crippen molar-refractivity contribution in [2.75, 3.05) is 51.7 Å². The van der Waals surface area contributed by atoms with Crippen LogP contribution in [0.25, 0.3) is 0 Å². The van der Waals surface area contributed by atoms with Gasteiger partial charge < -0.3 is 20.4 Å². The van der Waals surface area contributed by atoms with E-state index in [0.717, 1.165) is 5.69 Å². The number of hydrogen-bond donors (Lipinski definition) is 1. The van der Waals surface area contributed by atoms with E-state index in [1.807, 2.05) is 31.1 Å². The molecule has 7 heteroatoms. The number of hydrogen-bond acceptors (Lipinski definition) is 5. The van der Waals surface area contributed by atoms with Crippen LogP contribution in [0.2, 0.25) is 0 Å². The standard InChI is InChI=1S/C23H28N4O3/c1-25(2)18-9-7-17(8-10-18)22(29)19-5-3-4-6-20(19)23(30)27-15-13-26(14-16-27)21(28)11-12-24/h3-10H,11-16,24H2,1-2H3. The lowest BCUT2D eigenvalue weighted by molar-refractivity contribution is -0.132. The Morgan fingerprint density at radius 3 is 2.00 bits per heavy atom. The van der Waals surface area contributed by atoms with Crippen LogP contribution in [0, 0.1) is 0 Å². The van der Waals surface area contributed by atoms with Crippen molar-refractivity contribution in [3.05, 3.63) is 65.2 Å². The zero-order valence-corrected chi connectivity index (χ0v) is 17.5. The SMILES string of the molecule is CN(C)c1ccc(C(=O)c2ccccc2C(=O)N2CCN(C(=O)CCN)CC2)cc1. The third-order valence-corrected chi connectivity index (χ3v) is 5.33. The lowest BCUT2D eigenvalue weighted by Crippen LogP contribution is -2.51. The van der Waals surface area contributed by atoms with Crippen molar-refractivity contribution in [2.45, 2.75) is 6.42 Å². The Hall–Kier alpha value is -3.19. The fraction of sp³-hybridized carbons (Fsp3) is 0.348. The molecule has 1 saturated heterocycles. The van der Waals surface area contributed by atoms with Gasteiger partial charge in [-0.05, 0) is 30.3 Å². The third-order valence-electron chi connectivity index (χ3n) is 5.33. The average Bonchev–Trinajstić information content (AvgIpc) is 2.78. The summed E-state index contributed by atoms with van der Waals surface area (Å²) >= 11 is 0. The summed E-state index contributed by atoms with van der Waals surface area (Å²) in [5, 5.41) is 0. The summed E-state index contributed by atoms with van der Waals surface area (Å²) in [5.74, 6) is -0.350. The summed E-state index contributed by atoms with van der Waals surface area (Å²) in [5.41, 5.74) is 7.78. The lowest BCUT2D eigenvalue weighted by Gasteiger charge is -2.35. The van der Waals surface area contributed by atoms with Crippen LogP contribution in [0.3, 0.4) is 0 Å². The van der Waals surface area contributed by atoms with E-state index in [1.165, 1.54) is 0 Å². The summed E-state index contributed by atoms with van der Waals surface area (Å²) in [6.45, 7) is 2.16. The van der Waals surface area contributed by atoms with Gasteiger partial charge in [0.2, 0.25) is 5.91 Å². The molecule has 2 N–H and O–H groups in total. The molecule has 0 radical (unpaired) electrons. The van der Waals surface area contributed by atoms with Crippen LogP contribution in [0.15, 0.2) is 48.5 Å². The molecule has 7 nitrogen and oxygen atoms in total. The Bertz CT molecular complexity index is 916. The van der Waals surface area contributed by atoms with Gasteiger partial charge in [0.15, 0.2) is 5.78 Å². The van der Waals surface area contributed by atoms with Crippen molar-refractivity contribution in [2.24, 2.45) is 5.73 Å². The Kier molecular flexibility index (Phi) is 6.84. The van der Waals surface area contributed by atoms with Gasteiger partial charge >= 0.3 is 0 Å². The number of piperazine rings is 1. The first-order chi connectivity index (χ1) is 14.4. The highest BCUT2D eigenvalue weighted by atomic mass is 16.2. The molecule has 158 valence electrons. The molecule has 2 aromatic rings. The van der Waals surface area contributed by atoms with Gasteiger partial charge in [0.1, 0.15) is 0 Å². The van der Waals surface area contributed by atoms with Gasteiger partial charge in [0, 0.05) is 70.1 Å². The van der Waals surface area contributed by atoms with Gasteiger partial charge in [-0.1, -0.05) is 18.2 Å². The van der Waals surface area contributed by atoms with Gasteiger partial charge in [0.25, 0.3) is 5.91 Å². The van der Waals surface area contributed by atoms with Crippen molar-refractivity contribution in [1.29, 1.82) is 0 Å². The Labute approximate surface area is 177 Å². The second-order valence-electron chi connectivity index (χ2n) is 7.53. The molecule has 1 heterocycles. The van der Waals surface area contributed by atoms with Gasteiger partial charge in [0.05, 0.1) is 5.56 Å². The highest BCUT2D eigenvalue weighted by Gasteiger charge is 2.27. The summed E-state index contributed by atoms with van der Waals surface area (Å²) < 4.78 is 0. The van der Waals surface area contributed by atoms with Crippen molar-refractivity contribution in [3.8, 4) is 0 Å². The molecule has 2 aromatic carbocycles. The zero-order chi connectivity index (χ0) is 21.7. The number of amides is 2. The molecule has 0 bridgehead atoms. The second kappa shape index (κ2) is 9.54. The van der Waals surface area contributed by atoms with Crippen LogP contribution in [0.5, 0.6) is 0 Å². The maximum absolute atomic E-state index is 13.1. The van der Waals surface area contributed by atoms with E-state index in [4.69, 9.17) is 5.73 Å². The predicted octanol–water partition coefficient (Wildman–Crippen LogP) is 1.62. The van der Waals surface area contributed by atoms with Crippen molar-refractivity contribution >= 4 is 23.3 Å². The maximum Gasteiger partial charge on any atom is 0.254 e. The molecule has 0 saturated carbocycles. The average molecular weight is 409 g/mol. The summed E-state index contributed by atoms with van der Waals surface area (Å²) in [7, 11) is 3.88. The number of carbonyl (C=O) groups is 3. The smallest absolute Gasteiger partial charge is 0.254 e. The lowest BCUT2D eigenvalue weighted by atomic mass is 9.97. The highest BCUT2D eigenvalue weighted by Crippen LogP contribution is 2.20. The molecule has 0 aromatic heterocycles. The number of rotatable bonds is 6. The van der Waals surface area contributed by atoms with E-state index in [1.54, 1.807) is 46.2 Å². The number of nitrogens with zero attached hydrogens (tertiary/aromatic N) is 3. The number of anilines is 1. The minimum atomic E-state index is -0.185. The molecular weight excluding hydrogens is 380 g/mol. The molecule has 1 aliphatic rings. The molecule has 2 amide bonds. The van der Waals surface area contributed by atoms with E-state index in [2.05, 4.69) is 0 Å². The van der Waals surface area contributed by atoms with Gasteiger partial charge in [-0.25, -0.2) is 0 Å². The van der Waals surface area contributed by atoms with E-state index in [9.17, 15) is 14.4 Å². The van der Waals surface area contributed by atoms with Crippen LogP contribution >= 0.6 is 0 Å². The number of benzene rings is 2. The Morgan fingerprint density at radius 2 is 1.43 bits per heavy atom. The minimum absolute atomic E-state index is 0.0151. The molecule has 1 fully saturated rings. The summed E-state index contributed by atoms with van der Waals surface area (Å²) in [4.78, 5) is 43.7. The zero-order valence-electron chi connectivity index (χ0n) is 17.5. The van der Waals surface area contributed by atoms with E-state index in [0.29, 0.717) is 55.8 Å². The molecule has 1 aliphatic heterocycles.